The van der Waals surface area contributed by atoms with Crippen LogP contribution < -0.4 is 4.74 Å². The van der Waals surface area contributed by atoms with Crippen molar-refractivity contribution in [2.24, 2.45) is 0 Å². The lowest BCUT2D eigenvalue weighted by molar-refractivity contribution is -0.151. The Labute approximate surface area is 129 Å². The van der Waals surface area contributed by atoms with Gasteiger partial charge in [0.1, 0.15) is 12.3 Å². The quantitative estimate of drug-likeness (QED) is 0.907. The molecule has 0 radical (unpaired) electrons. The van der Waals surface area contributed by atoms with Crippen LogP contribution in [-0.2, 0) is 9.59 Å². The summed E-state index contributed by atoms with van der Waals surface area (Å²) in [6.45, 7) is 6.57. The summed E-state index contributed by atoms with van der Waals surface area (Å²) in [7, 11) is 0. The average Bonchev–Trinajstić information content (AvgIpc) is 2.36. The number of aliphatic carboxylic acids is 1. The summed E-state index contributed by atoms with van der Waals surface area (Å²) < 4.78 is 5.55. The van der Waals surface area contributed by atoms with Gasteiger partial charge in [-0.05, 0) is 52.0 Å². The maximum Gasteiger partial charge on any atom is 0.323 e. The summed E-state index contributed by atoms with van der Waals surface area (Å²) in [5, 5.41) is 9.52. The van der Waals surface area contributed by atoms with Crippen molar-refractivity contribution in [3.63, 3.8) is 0 Å². The first-order valence-corrected chi connectivity index (χ1v) is 6.94. The van der Waals surface area contributed by atoms with E-state index < -0.39 is 17.6 Å². The number of carbonyl (C=O) groups is 2. The first kappa shape index (κ1) is 17.3. The fourth-order valence-electron chi connectivity index (χ4n) is 1.77. The standard InChI is InChI=1S/C15H20ClNO4/c1-10(21-12-7-5-11(16)6-8-12)14(20)17(9-13(18)19)15(2,3)4/h5-8,10H,9H2,1-4H3,(H,18,19). The number of ether oxygens (including phenoxy) is 1. The number of rotatable bonds is 5. The van der Waals surface area contributed by atoms with Gasteiger partial charge in [-0.1, -0.05) is 11.6 Å². The van der Waals surface area contributed by atoms with Gasteiger partial charge in [0.25, 0.3) is 5.91 Å². The average molecular weight is 314 g/mol. The Morgan fingerprint density at radius 3 is 2.24 bits per heavy atom. The number of carbonyl (C=O) groups excluding carboxylic acids is 1. The van der Waals surface area contributed by atoms with Crippen LogP contribution in [0.4, 0.5) is 0 Å². The molecule has 0 bridgehead atoms. The molecular weight excluding hydrogens is 294 g/mol. The molecule has 0 aliphatic rings. The van der Waals surface area contributed by atoms with Crippen LogP contribution in [-0.4, -0.2) is 40.1 Å². The minimum Gasteiger partial charge on any atom is -0.481 e. The van der Waals surface area contributed by atoms with E-state index in [4.69, 9.17) is 21.4 Å². The third-order valence-corrected chi connectivity index (χ3v) is 3.10. The molecule has 1 rings (SSSR count). The van der Waals surface area contributed by atoms with Crippen molar-refractivity contribution in [2.75, 3.05) is 6.54 Å². The zero-order valence-electron chi connectivity index (χ0n) is 12.6. The summed E-state index contributed by atoms with van der Waals surface area (Å²) in [5.41, 5.74) is -0.604. The number of hydrogen-bond donors (Lipinski definition) is 1. The molecule has 0 saturated carbocycles. The maximum atomic E-state index is 12.4. The van der Waals surface area contributed by atoms with Crippen LogP contribution >= 0.6 is 11.6 Å². The van der Waals surface area contributed by atoms with Crippen LogP contribution in [0.2, 0.25) is 5.02 Å². The number of carboxylic acid groups (broad SMARTS) is 1. The third-order valence-electron chi connectivity index (χ3n) is 2.84. The SMILES string of the molecule is CC(Oc1ccc(Cl)cc1)C(=O)N(CC(=O)O)C(C)(C)C. The van der Waals surface area contributed by atoms with Crippen molar-refractivity contribution < 1.29 is 19.4 Å². The molecule has 6 heteroatoms. The van der Waals surface area contributed by atoms with E-state index >= 15 is 0 Å². The van der Waals surface area contributed by atoms with Gasteiger partial charge >= 0.3 is 5.97 Å². The lowest BCUT2D eigenvalue weighted by Crippen LogP contribution is -2.52. The number of hydrogen-bond acceptors (Lipinski definition) is 3. The van der Waals surface area contributed by atoms with Crippen molar-refractivity contribution in [3.05, 3.63) is 29.3 Å². The third kappa shape index (κ3) is 5.27. The Morgan fingerprint density at radius 2 is 1.81 bits per heavy atom. The minimum atomic E-state index is -1.06. The van der Waals surface area contributed by atoms with Crippen molar-refractivity contribution in [3.8, 4) is 5.75 Å². The molecule has 5 nitrogen and oxygen atoms in total. The zero-order valence-corrected chi connectivity index (χ0v) is 13.3. The summed E-state index contributed by atoms with van der Waals surface area (Å²) in [4.78, 5) is 24.6. The molecule has 1 unspecified atom stereocenters. The number of halogens is 1. The molecule has 0 aliphatic heterocycles. The summed E-state index contributed by atoms with van der Waals surface area (Å²) in [5.74, 6) is -0.929. The molecule has 0 aromatic heterocycles. The van der Waals surface area contributed by atoms with E-state index in [9.17, 15) is 9.59 Å². The minimum absolute atomic E-state index is 0.364. The van der Waals surface area contributed by atoms with E-state index in [0.717, 1.165) is 0 Å². The molecule has 0 aliphatic carbocycles. The van der Waals surface area contributed by atoms with Crippen LogP contribution in [0.5, 0.6) is 5.75 Å². The molecule has 0 heterocycles. The Morgan fingerprint density at radius 1 is 1.29 bits per heavy atom. The Hall–Kier alpha value is -1.75. The van der Waals surface area contributed by atoms with E-state index in [2.05, 4.69) is 0 Å². The highest BCUT2D eigenvalue weighted by Gasteiger charge is 2.32. The molecule has 0 fully saturated rings. The zero-order chi connectivity index (χ0) is 16.2. The van der Waals surface area contributed by atoms with Crippen LogP contribution in [0.1, 0.15) is 27.7 Å². The molecule has 0 saturated heterocycles. The fraction of sp³-hybridized carbons (Fsp3) is 0.467. The normalized spacial score (nSPS) is 12.6. The van der Waals surface area contributed by atoms with E-state index in [1.54, 1.807) is 52.0 Å². The predicted octanol–water partition coefficient (Wildman–Crippen LogP) is 2.82. The molecular formula is C15H20ClNO4. The lowest BCUT2D eigenvalue weighted by atomic mass is 10.0. The van der Waals surface area contributed by atoms with Crippen LogP contribution in [0.25, 0.3) is 0 Å². The number of amides is 1. The highest BCUT2D eigenvalue weighted by Crippen LogP contribution is 2.19. The van der Waals surface area contributed by atoms with Gasteiger partial charge in [-0.15, -0.1) is 0 Å². The summed E-state index contributed by atoms with van der Waals surface area (Å²) in [6.07, 6.45) is -0.787. The van der Waals surface area contributed by atoms with Gasteiger partial charge in [-0.25, -0.2) is 0 Å². The van der Waals surface area contributed by atoms with Gasteiger partial charge in [-0.2, -0.15) is 0 Å². The molecule has 116 valence electrons. The summed E-state index contributed by atoms with van der Waals surface area (Å²) >= 11 is 5.78. The second-order valence-corrected chi connectivity index (χ2v) is 6.14. The Bertz CT molecular complexity index is 507. The fourth-order valence-corrected chi connectivity index (χ4v) is 1.89. The van der Waals surface area contributed by atoms with E-state index in [1.165, 1.54) is 4.90 Å². The number of nitrogens with zero attached hydrogens (tertiary/aromatic N) is 1. The first-order valence-electron chi connectivity index (χ1n) is 6.57. The lowest BCUT2D eigenvalue weighted by Gasteiger charge is -2.36. The van der Waals surface area contributed by atoms with Gasteiger partial charge in [0.2, 0.25) is 0 Å². The largest absolute Gasteiger partial charge is 0.481 e. The molecule has 21 heavy (non-hydrogen) atoms. The molecule has 1 aromatic rings. The van der Waals surface area contributed by atoms with Crippen molar-refractivity contribution in [1.82, 2.24) is 4.90 Å². The summed E-state index contributed by atoms with van der Waals surface area (Å²) in [6, 6.07) is 6.63. The van der Waals surface area contributed by atoms with Gasteiger partial charge in [0.15, 0.2) is 6.10 Å². The van der Waals surface area contributed by atoms with Gasteiger partial charge in [-0.3, -0.25) is 9.59 Å². The predicted molar refractivity (Wildman–Crippen MR) is 80.6 cm³/mol. The molecule has 1 atom stereocenters. The van der Waals surface area contributed by atoms with E-state index in [0.29, 0.717) is 10.8 Å². The first-order chi connectivity index (χ1) is 9.61. The topological polar surface area (TPSA) is 66.8 Å². The van der Waals surface area contributed by atoms with Crippen LogP contribution in [0.3, 0.4) is 0 Å². The molecule has 0 spiro atoms. The number of benzene rings is 1. The van der Waals surface area contributed by atoms with Gasteiger partial charge in [0, 0.05) is 10.6 Å². The second-order valence-electron chi connectivity index (χ2n) is 5.70. The van der Waals surface area contributed by atoms with Crippen molar-refractivity contribution in [1.29, 1.82) is 0 Å². The molecule has 1 aromatic carbocycles. The van der Waals surface area contributed by atoms with Crippen molar-refractivity contribution in [2.45, 2.75) is 39.3 Å². The molecule has 1 amide bonds. The van der Waals surface area contributed by atoms with Crippen LogP contribution in [0.15, 0.2) is 24.3 Å². The monoisotopic (exact) mass is 313 g/mol. The van der Waals surface area contributed by atoms with Crippen LogP contribution in [0, 0.1) is 0 Å². The second kappa shape index (κ2) is 6.80. The van der Waals surface area contributed by atoms with Gasteiger partial charge in [0.05, 0.1) is 0 Å². The van der Waals surface area contributed by atoms with E-state index in [1.807, 2.05) is 0 Å². The number of carboxylic acids is 1. The highest BCUT2D eigenvalue weighted by atomic mass is 35.5. The van der Waals surface area contributed by atoms with E-state index in [-0.39, 0.29) is 12.5 Å². The smallest absolute Gasteiger partial charge is 0.323 e. The Kier molecular flexibility index (Phi) is 5.61. The van der Waals surface area contributed by atoms with Gasteiger partial charge < -0.3 is 14.7 Å². The van der Waals surface area contributed by atoms with Crippen molar-refractivity contribution >= 4 is 23.5 Å². The Balaban J connectivity index is 2.82. The molecule has 1 N–H and O–H groups in total. The maximum absolute atomic E-state index is 12.4. The highest BCUT2D eigenvalue weighted by molar-refractivity contribution is 6.30.